The molecule has 4 N–H and O–H groups in total. The summed E-state index contributed by atoms with van der Waals surface area (Å²) in [6.07, 6.45) is 1.95. The van der Waals surface area contributed by atoms with E-state index in [1.165, 1.54) is 9.80 Å². The predicted octanol–water partition coefficient (Wildman–Crippen LogP) is 3.58. The van der Waals surface area contributed by atoms with E-state index in [0.29, 0.717) is 41.0 Å². The molecule has 0 saturated carbocycles. The van der Waals surface area contributed by atoms with Crippen molar-refractivity contribution < 1.29 is 48.1 Å². The molecule has 4 aromatic rings. The van der Waals surface area contributed by atoms with Gasteiger partial charge in [-0.15, -0.1) is 0 Å². The van der Waals surface area contributed by atoms with Crippen LogP contribution in [0.1, 0.15) is 80.4 Å². The Morgan fingerprint density at radius 1 is 0.954 bits per heavy atom. The maximum absolute atomic E-state index is 13.4. The number of ether oxygens (including phenoxy) is 3. The Balaban J connectivity index is 0.948. The molecule has 5 amide bonds. The number of benzene rings is 2. The number of rotatable bonds is 18. The second-order valence-electron chi connectivity index (χ2n) is 16.6. The largest absolute Gasteiger partial charge is 0.458 e. The number of fused-ring (bicyclic) bond motifs is 5. The summed E-state index contributed by atoms with van der Waals surface area (Å²) in [5, 5.41) is 19.3. The highest BCUT2D eigenvalue weighted by Crippen LogP contribution is 2.39. The Hall–Kier alpha value is -6.76. The first-order valence-corrected chi connectivity index (χ1v) is 21.9. The van der Waals surface area contributed by atoms with E-state index < -0.39 is 42.1 Å². The summed E-state index contributed by atoms with van der Waals surface area (Å²) >= 11 is 0. The Morgan fingerprint density at radius 3 is 2.37 bits per heavy atom. The van der Waals surface area contributed by atoms with Crippen LogP contribution in [0.15, 0.2) is 53.3 Å². The molecule has 2 aliphatic heterocycles. The van der Waals surface area contributed by atoms with Gasteiger partial charge in [-0.05, 0) is 66.3 Å². The number of esters is 1. The molecule has 19 heteroatoms. The molecule has 2 unspecified atom stereocenters. The molecule has 0 radical (unpaired) electrons. The van der Waals surface area contributed by atoms with Crippen LogP contribution >= 0.6 is 0 Å². The molecule has 0 aliphatic carbocycles. The summed E-state index contributed by atoms with van der Waals surface area (Å²) in [5.41, 5.74) is 4.68. The molecular formula is C46H56BN7O11. The summed E-state index contributed by atoms with van der Waals surface area (Å²) in [6, 6.07) is 12.6. The minimum atomic E-state index is -1.55. The van der Waals surface area contributed by atoms with Crippen molar-refractivity contribution in [2.45, 2.75) is 91.1 Å². The Morgan fingerprint density at radius 2 is 1.68 bits per heavy atom. The van der Waals surface area contributed by atoms with Crippen molar-refractivity contribution in [1.29, 1.82) is 0 Å². The van der Waals surface area contributed by atoms with Gasteiger partial charge in [0.15, 0.2) is 6.10 Å². The number of aryl methyl sites for hydroxylation is 1. The second-order valence-corrected chi connectivity index (χ2v) is 16.6. The normalized spacial score (nSPS) is 14.1. The van der Waals surface area contributed by atoms with Crippen LogP contribution in [-0.4, -0.2) is 108 Å². The third-order valence-electron chi connectivity index (χ3n) is 11.5. The number of amides is 5. The number of likely N-dealkylation sites (N-methyl/N-ethyl adjacent to an activating group) is 2. The molecule has 0 bridgehead atoms. The molecular weight excluding hydrogens is 837 g/mol. The van der Waals surface area contributed by atoms with Crippen molar-refractivity contribution in [2.75, 3.05) is 39.0 Å². The molecule has 2 aromatic heterocycles. The fourth-order valence-electron chi connectivity index (χ4n) is 7.73. The molecule has 2 aliphatic rings. The van der Waals surface area contributed by atoms with Crippen molar-refractivity contribution in [1.82, 2.24) is 30.0 Å². The van der Waals surface area contributed by atoms with Crippen molar-refractivity contribution in [3.05, 3.63) is 86.7 Å². The number of nitrogens with one attached hydrogen (secondary N) is 3. The molecule has 0 spiro atoms. The topological polar surface area (TPSA) is 228 Å². The average Bonchev–Trinajstić information content (AvgIpc) is 3.66. The van der Waals surface area contributed by atoms with E-state index in [4.69, 9.17) is 19.2 Å². The van der Waals surface area contributed by atoms with E-state index in [1.54, 1.807) is 67.2 Å². The fraction of sp³-hybridized carbons (Fsp3) is 0.435. The number of hydrogen-bond acceptors (Lipinski definition) is 12. The van der Waals surface area contributed by atoms with Crippen LogP contribution in [0.5, 0.6) is 5.75 Å². The van der Waals surface area contributed by atoms with Crippen LogP contribution in [0.2, 0.25) is 6.32 Å². The van der Waals surface area contributed by atoms with Gasteiger partial charge in [0.2, 0.25) is 17.7 Å². The molecule has 0 fully saturated rings. The van der Waals surface area contributed by atoms with E-state index in [0.717, 1.165) is 42.1 Å². The first kappa shape index (κ1) is 47.7. The highest BCUT2D eigenvalue weighted by Gasteiger charge is 2.35. The quantitative estimate of drug-likeness (QED) is 0.0563. The molecule has 2 atom stereocenters. The zero-order valence-electron chi connectivity index (χ0n) is 37.7. The van der Waals surface area contributed by atoms with Crippen LogP contribution in [0.25, 0.3) is 22.3 Å². The Labute approximate surface area is 377 Å². The minimum Gasteiger partial charge on any atom is -0.458 e. The van der Waals surface area contributed by atoms with E-state index in [9.17, 15) is 38.7 Å². The number of unbranched alkanes of at least 4 members (excludes halogenated alkanes) is 2. The summed E-state index contributed by atoms with van der Waals surface area (Å²) in [7, 11) is 5.19. The van der Waals surface area contributed by atoms with Crippen molar-refractivity contribution >= 4 is 60.3 Å². The number of cyclic esters (lactones) is 1. The number of aromatic nitrogens is 2. The van der Waals surface area contributed by atoms with Gasteiger partial charge in [-0.25, -0.2) is 19.4 Å². The lowest BCUT2D eigenvalue weighted by atomic mass is 9.97. The highest BCUT2D eigenvalue weighted by molar-refractivity contribution is 6.08. The molecule has 2 aromatic carbocycles. The summed E-state index contributed by atoms with van der Waals surface area (Å²) in [5.74, 6) is -1.77. The van der Waals surface area contributed by atoms with Crippen LogP contribution in [0.3, 0.4) is 0 Å². The Bertz CT molecular complexity index is 2530. The molecule has 6 rings (SSSR count). The van der Waals surface area contributed by atoms with Gasteiger partial charge >= 0.3 is 18.2 Å². The van der Waals surface area contributed by atoms with Crippen LogP contribution in [0.4, 0.5) is 15.3 Å². The van der Waals surface area contributed by atoms with Crippen molar-refractivity contribution in [2.24, 2.45) is 5.92 Å². The van der Waals surface area contributed by atoms with E-state index in [2.05, 4.69) is 23.8 Å². The number of carbonyl (C=O) groups is 6. The molecule has 4 heterocycles. The number of anilines is 1. The number of aliphatic hydroxyl groups is 1. The van der Waals surface area contributed by atoms with Gasteiger partial charge in [-0.2, -0.15) is 0 Å². The lowest BCUT2D eigenvalue weighted by Crippen LogP contribution is -2.51. The van der Waals surface area contributed by atoms with E-state index in [-0.39, 0.29) is 73.7 Å². The van der Waals surface area contributed by atoms with Crippen LogP contribution in [0, 0.1) is 5.92 Å². The van der Waals surface area contributed by atoms with Gasteiger partial charge in [0, 0.05) is 55.8 Å². The SMILES string of the molecule is BCCCCCC(=O)NC(C(=O)NCC(=O)Nc1ccc(COC(=O)N(C)CCN(C)C(=O)Oc2ccc3nc4c(c(CC)c3c2)Cn2c-4cc3c(c2=O)COC(=O)C3O)cc1)C(C)C. The minimum absolute atomic E-state index is 0.0456. The summed E-state index contributed by atoms with van der Waals surface area (Å²) in [6.45, 7) is 5.61. The summed E-state index contributed by atoms with van der Waals surface area (Å²) in [4.78, 5) is 96.7. The zero-order chi connectivity index (χ0) is 46.9. The smallest absolute Gasteiger partial charge is 0.415 e. The van der Waals surface area contributed by atoms with Gasteiger partial charge in [0.05, 0.1) is 35.6 Å². The number of hydrogen-bond donors (Lipinski definition) is 4. The summed E-state index contributed by atoms with van der Waals surface area (Å²) < 4.78 is 17.7. The average molecular weight is 894 g/mol. The fourth-order valence-corrected chi connectivity index (χ4v) is 7.73. The first-order valence-electron chi connectivity index (χ1n) is 21.9. The molecule has 0 saturated heterocycles. The van der Waals surface area contributed by atoms with Gasteiger partial charge in [-0.1, -0.05) is 52.1 Å². The van der Waals surface area contributed by atoms with Crippen molar-refractivity contribution in [3.8, 4) is 17.1 Å². The lowest BCUT2D eigenvalue weighted by molar-refractivity contribution is -0.157. The number of pyridine rings is 2. The monoisotopic (exact) mass is 893 g/mol. The zero-order valence-corrected chi connectivity index (χ0v) is 37.7. The van der Waals surface area contributed by atoms with Gasteiger partial charge in [-0.3, -0.25) is 19.2 Å². The second kappa shape index (κ2) is 21.3. The molecule has 344 valence electrons. The van der Waals surface area contributed by atoms with E-state index in [1.807, 2.05) is 20.8 Å². The van der Waals surface area contributed by atoms with E-state index >= 15 is 0 Å². The first-order chi connectivity index (χ1) is 31.1. The highest BCUT2D eigenvalue weighted by atomic mass is 16.6. The van der Waals surface area contributed by atoms with Gasteiger partial charge in [0.1, 0.15) is 32.9 Å². The number of nitrogens with zero attached hydrogens (tertiary/aromatic N) is 4. The Kier molecular flexibility index (Phi) is 15.6. The number of carbonyl (C=O) groups excluding carboxylic acids is 6. The van der Waals surface area contributed by atoms with Gasteiger partial charge in [0.25, 0.3) is 5.56 Å². The third kappa shape index (κ3) is 11.3. The van der Waals surface area contributed by atoms with Crippen LogP contribution in [-0.2, 0) is 54.8 Å². The maximum atomic E-state index is 13.4. The standard InChI is InChI=1S/C46H56BN7O11/c1-6-30-31-20-29(15-16-35(31)50-40-33(30)23-54-36(40)21-32-34(43(54)59)25-63-44(60)41(32)57)65-46(62)53(5)19-18-52(4)45(61)64-24-27-11-13-28(14-12-27)49-38(56)22-48-42(58)39(26(2)3)51-37(55)10-8-7-9-17-47/h11-16,20-21,26,39,41,57H,6-10,17-19,22-25,47H2,1-5H3,(H,48,58)(H,49,56)(H,51,55). The van der Waals surface area contributed by atoms with Crippen molar-refractivity contribution in [3.63, 3.8) is 0 Å². The van der Waals surface area contributed by atoms with Crippen LogP contribution < -0.4 is 26.2 Å². The third-order valence-corrected chi connectivity index (χ3v) is 11.5. The lowest BCUT2D eigenvalue weighted by Gasteiger charge is -2.22. The number of aliphatic hydroxyl groups excluding tert-OH is 1. The van der Waals surface area contributed by atoms with Gasteiger partial charge < -0.3 is 49.6 Å². The maximum Gasteiger partial charge on any atom is 0.415 e. The predicted molar refractivity (Wildman–Crippen MR) is 243 cm³/mol. The molecule has 18 nitrogen and oxygen atoms in total. The molecule has 65 heavy (non-hydrogen) atoms.